The third-order valence-corrected chi connectivity index (χ3v) is 5.05. The van der Waals surface area contributed by atoms with E-state index >= 15 is 0 Å². The van der Waals surface area contributed by atoms with Crippen LogP contribution in [0.4, 0.5) is 18.9 Å². The topological polar surface area (TPSA) is 55.0 Å². The monoisotopic (exact) mass is 336 g/mol. The summed E-state index contributed by atoms with van der Waals surface area (Å²) in [5.74, 6) is 1.23. The molecule has 4 rings (SSSR count). The Bertz CT molecular complexity index is 757. The number of anilines is 1. The highest BCUT2D eigenvalue weighted by Crippen LogP contribution is 2.43. The van der Waals surface area contributed by atoms with Crippen LogP contribution in [0.3, 0.4) is 0 Å². The lowest BCUT2D eigenvalue weighted by atomic mass is 9.90. The molecule has 0 amide bonds. The van der Waals surface area contributed by atoms with Crippen LogP contribution in [0.1, 0.15) is 24.8 Å². The second-order valence-electron chi connectivity index (χ2n) is 6.88. The first kappa shape index (κ1) is 15.6. The van der Waals surface area contributed by atoms with Crippen molar-refractivity contribution >= 4 is 16.7 Å². The van der Waals surface area contributed by atoms with Crippen LogP contribution in [0.5, 0.6) is 0 Å². The molecule has 128 valence electrons. The van der Waals surface area contributed by atoms with Crippen LogP contribution in [0.15, 0.2) is 24.5 Å². The van der Waals surface area contributed by atoms with Gasteiger partial charge in [-0.15, -0.1) is 0 Å². The Balaban J connectivity index is 1.76. The summed E-state index contributed by atoms with van der Waals surface area (Å²) in [5.41, 5.74) is 6.37. The average molecular weight is 336 g/mol. The molecule has 24 heavy (non-hydrogen) atoms. The lowest BCUT2D eigenvalue weighted by molar-refractivity contribution is -0.136. The van der Waals surface area contributed by atoms with Crippen molar-refractivity contribution < 1.29 is 13.2 Å². The first-order valence-corrected chi connectivity index (χ1v) is 8.25. The number of rotatable bonds is 2. The highest BCUT2D eigenvalue weighted by Gasteiger charge is 2.38. The lowest BCUT2D eigenvalue weighted by Crippen LogP contribution is -2.47. The van der Waals surface area contributed by atoms with E-state index in [2.05, 4.69) is 14.9 Å². The third-order valence-electron chi connectivity index (χ3n) is 5.05. The van der Waals surface area contributed by atoms with Crippen molar-refractivity contribution in [2.24, 2.45) is 17.6 Å². The van der Waals surface area contributed by atoms with E-state index in [1.807, 2.05) is 0 Å². The number of aromatic nitrogens is 2. The Hall–Kier alpha value is -1.89. The van der Waals surface area contributed by atoms with Gasteiger partial charge in [-0.25, -0.2) is 0 Å². The first-order valence-electron chi connectivity index (χ1n) is 8.25. The number of nitrogens with zero attached hydrogens (tertiary/aromatic N) is 3. The molecule has 2 aliphatic rings. The number of halogens is 3. The average Bonchev–Trinajstić information content (AvgIpc) is 3.37. The molecule has 2 aromatic rings. The number of alkyl halides is 3. The molecule has 1 aromatic carbocycles. The van der Waals surface area contributed by atoms with E-state index in [0.29, 0.717) is 29.6 Å². The Morgan fingerprint density at radius 1 is 1.00 bits per heavy atom. The second-order valence-corrected chi connectivity index (χ2v) is 6.88. The smallest absolute Gasteiger partial charge is 0.368 e. The van der Waals surface area contributed by atoms with Crippen LogP contribution in [0.25, 0.3) is 11.0 Å². The van der Waals surface area contributed by atoms with Crippen molar-refractivity contribution in [1.29, 1.82) is 0 Å². The normalized spacial score (nSPS) is 25.2. The lowest BCUT2D eigenvalue weighted by Gasteiger charge is -2.38. The van der Waals surface area contributed by atoms with Crippen molar-refractivity contribution in [3.05, 3.63) is 30.1 Å². The molecular formula is C17H19F3N4. The number of benzene rings is 1. The van der Waals surface area contributed by atoms with E-state index in [1.54, 1.807) is 0 Å². The first-order chi connectivity index (χ1) is 11.4. The maximum Gasteiger partial charge on any atom is 0.418 e. The van der Waals surface area contributed by atoms with E-state index in [9.17, 15) is 13.2 Å². The molecule has 1 aromatic heterocycles. The molecule has 2 fully saturated rings. The number of nitrogens with two attached hydrogens (primary N) is 1. The maximum absolute atomic E-state index is 13.2. The zero-order valence-electron chi connectivity index (χ0n) is 13.1. The van der Waals surface area contributed by atoms with E-state index < -0.39 is 11.7 Å². The summed E-state index contributed by atoms with van der Waals surface area (Å²) in [7, 11) is 0. The Morgan fingerprint density at radius 3 is 2.38 bits per heavy atom. The fourth-order valence-electron chi connectivity index (χ4n) is 3.81. The van der Waals surface area contributed by atoms with Crippen molar-refractivity contribution in [3.8, 4) is 0 Å². The molecule has 7 heteroatoms. The van der Waals surface area contributed by atoms with Gasteiger partial charge in [-0.3, -0.25) is 9.97 Å². The van der Waals surface area contributed by atoms with Gasteiger partial charge in [0.15, 0.2) is 0 Å². The quantitative estimate of drug-likeness (QED) is 0.915. The highest BCUT2D eigenvalue weighted by atomic mass is 19.4. The van der Waals surface area contributed by atoms with Gasteiger partial charge < -0.3 is 10.6 Å². The third kappa shape index (κ3) is 2.81. The van der Waals surface area contributed by atoms with Gasteiger partial charge in [-0.05, 0) is 43.2 Å². The van der Waals surface area contributed by atoms with E-state index in [1.165, 1.54) is 31.3 Å². The Kier molecular flexibility index (Phi) is 3.63. The van der Waals surface area contributed by atoms with Crippen LogP contribution in [0, 0.1) is 11.8 Å². The molecule has 0 spiro atoms. The minimum atomic E-state index is -4.44. The molecule has 1 aliphatic heterocycles. The number of hydrogen-bond acceptors (Lipinski definition) is 4. The fraction of sp³-hybridized carbons (Fsp3) is 0.529. The van der Waals surface area contributed by atoms with Gasteiger partial charge in [0.05, 0.1) is 11.3 Å². The maximum atomic E-state index is 13.2. The predicted molar refractivity (Wildman–Crippen MR) is 85.6 cm³/mol. The SMILES string of the molecule is N[C@H]1C[C@@H](C2CC2)CN(c2ccc(C(F)(F)F)c3nccnc23)C1. The van der Waals surface area contributed by atoms with Crippen molar-refractivity contribution in [2.75, 3.05) is 18.0 Å². The number of hydrogen-bond donors (Lipinski definition) is 1. The van der Waals surface area contributed by atoms with Crippen LogP contribution in [-0.2, 0) is 6.18 Å². The molecule has 4 nitrogen and oxygen atoms in total. The molecule has 0 unspecified atom stereocenters. The van der Waals surface area contributed by atoms with Gasteiger partial charge in [-0.2, -0.15) is 13.2 Å². The summed E-state index contributed by atoms with van der Waals surface area (Å²) >= 11 is 0. The van der Waals surface area contributed by atoms with Crippen LogP contribution in [-0.4, -0.2) is 29.1 Å². The summed E-state index contributed by atoms with van der Waals surface area (Å²) in [5, 5.41) is 0. The summed E-state index contributed by atoms with van der Waals surface area (Å²) in [4.78, 5) is 10.2. The molecule has 1 aliphatic carbocycles. The number of fused-ring (bicyclic) bond motifs is 1. The Morgan fingerprint density at radius 2 is 1.71 bits per heavy atom. The second kappa shape index (κ2) is 5.58. The van der Waals surface area contributed by atoms with E-state index in [-0.39, 0.29) is 11.6 Å². The van der Waals surface area contributed by atoms with Crippen molar-refractivity contribution in [1.82, 2.24) is 9.97 Å². The van der Waals surface area contributed by atoms with Gasteiger partial charge in [0.2, 0.25) is 0 Å². The van der Waals surface area contributed by atoms with Crippen molar-refractivity contribution in [3.63, 3.8) is 0 Å². The molecule has 0 radical (unpaired) electrons. The minimum absolute atomic E-state index is 0.0402. The van der Waals surface area contributed by atoms with Gasteiger partial charge >= 0.3 is 6.18 Å². The molecule has 1 saturated carbocycles. The van der Waals surface area contributed by atoms with Gasteiger partial charge in [0, 0.05) is 31.5 Å². The fourth-order valence-corrected chi connectivity index (χ4v) is 3.81. The largest absolute Gasteiger partial charge is 0.418 e. The standard InChI is InChI=1S/C17H19F3N4/c18-17(19,20)13-3-4-14(16-15(13)22-5-6-23-16)24-8-11(10-1-2-10)7-12(21)9-24/h3-6,10-12H,1-2,7-9,21H2/t11-,12+/m1/s1. The molecule has 2 N–H and O–H groups in total. The summed E-state index contributed by atoms with van der Waals surface area (Å²) < 4.78 is 39.7. The van der Waals surface area contributed by atoms with Gasteiger partial charge in [-0.1, -0.05) is 0 Å². The van der Waals surface area contributed by atoms with Gasteiger partial charge in [0.1, 0.15) is 11.0 Å². The van der Waals surface area contributed by atoms with Crippen molar-refractivity contribution in [2.45, 2.75) is 31.5 Å². The molecular weight excluding hydrogens is 317 g/mol. The van der Waals surface area contributed by atoms with Crippen LogP contribution in [0.2, 0.25) is 0 Å². The zero-order valence-corrected chi connectivity index (χ0v) is 13.1. The van der Waals surface area contributed by atoms with Crippen LogP contribution < -0.4 is 10.6 Å². The molecule has 2 heterocycles. The van der Waals surface area contributed by atoms with Crippen LogP contribution >= 0.6 is 0 Å². The predicted octanol–water partition coefficient (Wildman–Crippen LogP) is 3.21. The zero-order chi connectivity index (χ0) is 16.9. The minimum Gasteiger partial charge on any atom is -0.368 e. The molecule has 2 atom stereocenters. The highest BCUT2D eigenvalue weighted by molar-refractivity contribution is 5.90. The van der Waals surface area contributed by atoms with Gasteiger partial charge in [0.25, 0.3) is 0 Å². The van der Waals surface area contributed by atoms with E-state index in [4.69, 9.17) is 5.73 Å². The summed E-state index contributed by atoms with van der Waals surface area (Å²) in [6.07, 6.45) is 1.76. The molecule has 1 saturated heterocycles. The van der Waals surface area contributed by atoms with E-state index in [0.717, 1.165) is 19.0 Å². The number of piperidine rings is 1. The summed E-state index contributed by atoms with van der Waals surface area (Å²) in [6.45, 7) is 1.47. The summed E-state index contributed by atoms with van der Waals surface area (Å²) in [6, 6.07) is 2.67. The Labute approximate surface area is 137 Å². The molecule has 0 bridgehead atoms.